The minimum absolute atomic E-state index is 0.477. The van der Waals surface area contributed by atoms with Gasteiger partial charge < -0.3 is 5.11 Å². The molecule has 1 atom stereocenters. The van der Waals surface area contributed by atoms with E-state index in [2.05, 4.69) is 0 Å². The molecule has 0 fully saturated rings. The number of halogens is 3. The third kappa shape index (κ3) is 2.98. The van der Waals surface area contributed by atoms with Crippen LogP contribution in [-0.4, -0.2) is 5.11 Å². The number of hydrogen-bond donors (Lipinski definition) is 1. The highest BCUT2D eigenvalue weighted by atomic mass is 32.1. The van der Waals surface area contributed by atoms with Gasteiger partial charge in [0.05, 0.1) is 5.56 Å². The second-order valence-electron chi connectivity index (χ2n) is 4.19. The van der Waals surface area contributed by atoms with E-state index in [-0.39, 0.29) is 0 Å². The lowest BCUT2D eigenvalue weighted by atomic mass is 10.0. The minimum Gasteiger partial charge on any atom is -0.383 e. The molecule has 1 aromatic carbocycles. The lowest BCUT2D eigenvalue weighted by molar-refractivity contribution is -0.137. The predicted molar refractivity (Wildman–Crippen MR) is 69.2 cm³/mol. The summed E-state index contributed by atoms with van der Waals surface area (Å²) in [4.78, 5) is 0.794. The SMILES string of the molecule is CCc1ccsc1C(O)c1ccc(C(F)(F)F)cc1. The second-order valence-corrected chi connectivity index (χ2v) is 5.13. The van der Waals surface area contributed by atoms with Gasteiger partial charge in [0.25, 0.3) is 0 Å². The van der Waals surface area contributed by atoms with Gasteiger partial charge in [-0.3, -0.25) is 0 Å². The molecule has 2 aromatic rings. The Morgan fingerprint density at radius 1 is 1.16 bits per heavy atom. The third-order valence-electron chi connectivity index (χ3n) is 2.96. The summed E-state index contributed by atoms with van der Waals surface area (Å²) in [5, 5.41) is 12.1. The van der Waals surface area contributed by atoms with Crippen LogP contribution in [0, 0.1) is 0 Å². The van der Waals surface area contributed by atoms with Gasteiger partial charge in [-0.1, -0.05) is 19.1 Å². The van der Waals surface area contributed by atoms with Gasteiger partial charge in [-0.25, -0.2) is 0 Å². The monoisotopic (exact) mass is 286 g/mol. The lowest BCUT2D eigenvalue weighted by Crippen LogP contribution is -2.06. The van der Waals surface area contributed by atoms with Crippen molar-refractivity contribution < 1.29 is 18.3 Å². The fourth-order valence-electron chi connectivity index (χ4n) is 1.89. The first-order valence-electron chi connectivity index (χ1n) is 5.85. The van der Waals surface area contributed by atoms with Crippen molar-refractivity contribution in [1.82, 2.24) is 0 Å². The van der Waals surface area contributed by atoms with Crippen molar-refractivity contribution >= 4 is 11.3 Å². The van der Waals surface area contributed by atoms with Crippen molar-refractivity contribution in [3.05, 3.63) is 57.3 Å². The number of aliphatic hydroxyl groups excluding tert-OH is 1. The molecule has 1 N–H and O–H groups in total. The van der Waals surface area contributed by atoms with Gasteiger partial charge in [0.1, 0.15) is 6.10 Å². The van der Waals surface area contributed by atoms with Crippen LogP contribution in [0.4, 0.5) is 13.2 Å². The summed E-state index contributed by atoms with van der Waals surface area (Å²) < 4.78 is 37.4. The standard InChI is InChI=1S/C14H13F3OS/c1-2-9-7-8-19-13(9)12(18)10-3-5-11(6-4-10)14(15,16)17/h3-8,12,18H,2H2,1H3. The van der Waals surface area contributed by atoms with Crippen LogP contribution in [0.2, 0.25) is 0 Å². The molecule has 0 amide bonds. The number of aliphatic hydroxyl groups is 1. The van der Waals surface area contributed by atoms with Gasteiger partial charge in [0, 0.05) is 4.88 Å². The van der Waals surface area contributed by atoms with Crippen molar-refractivity contribution in [2.75, 3.05) is 0 Å². The van der Waals surface area contributed by atoms with E-state index in [0.717, 1.165) is 29.0 Å². The first kappa shape index (κ1) is 14.1. The van der Waals surface area contributed by atoms with Crippen molar-refractivity contribution in [2.24, 2.45) is 0 Å². The van der Waals surface area contributed by atoms with Crippen molar-refractivity contribution in [2.45, 2.75) is 25.6 Å². The summed E-state index contributed by atoms with van der Waals surface area (Å²) in [5.74, 6) is 0. The second kappa shape index (κ2) is 5.35. The van der Waals surface area contributed by atoms with E-state index in [1.165, 1.54) is 23.5 Å². The van der Waals surface area contributed by atoms with E-state index in [9.17, 15) is 18.3 Å². The molecule has 0 aliphatic rings. The molecular formula is C14H13F3OS. The predicted octanol–water partition coefficient (Wildman–Crippen LogP) is 4.41. The van der Waals surface area contributed by atoms with Gasteiger partial charge in [-0.2, -0.15) is 13.2 Å². The third-order valence-corrected chi connectivity index (χ3v) is 3.98. The van der Waals surface area contributed by atoms with Crippen molar-refractivity contribution in [3.63, 3.8) is 0 Å². The first-order chi connectivity index (χ1) is 8.93. The van der Waals surface area contributed by atoms with Crippen LogP contribution < -0.4 is 0 Å². The molecule has 0 aliphatic heterocycles. The molecule has 0 saturated carbocycles. The zero-order valence-electron chi connectivity index (χ0n) is 10.2. The molecule has 19 heavy (non-hydrogen) atoms. The summed E-state index contributed by atoms with van der Waals surface area (Å²) >= 11 is 1.41. The Morgan fingerprint density at radius 3 is 2.32 bits per heavy atom. The van der Waals surface area contributed by atoms with Crippen LogP contribution in [-0.2, 0) is 12.6 Å². The highest BCUT2D eigenvalue weighted by Gasteiger charge is 2.30. The maximum Gasteiger partial charge on any atom is 0.416 e. The largest absolute Gasteiger partial charge is 0.416 e. The van der Waals surface area contributed by atoms with Gasteiger partial charge >= 0.3 is 6.18 Å². The number of alkyl halides is 3. The number of hydrogen-bond acceptors (Lipinski definition) is 2. The minimum atomic E-state index is -4.35. The molecule has 0 spiro atoms. The Balaban J connectivity index is 2.28. The Labute approximate surface area is 113 Å². The van der Waals surface area contributed by atoms with Crippen LogP contribution >= 0.6 is 11.3 Å². The maximum absolute atomic E-state index is 12.5. The fourth-order valence-corrected chi connectivity index (χ4v) is 2.89. The van der Waals surface area contributed by atoms with E-state index in [4.69, 9.17) is 0 Å². The zero-order valence-corrected chi connectivity index (χ0v) is 11.1. The van der Waals surface area contributed by atoms with E-state index >= 15 is 0 Å². The summed E-state index contributed by atoms with van der Waals surface area (Å²) in [7, 11) is 0. The van der Waals surface area contributed by atoms with Crippen molar-refractivity contribution in [1.29, 1.82) is 0 Å². The molecule has 1 unspecified atom stereocenters. The van der Waals surface area contributed by atoms with Crippen LogP contribution in [0.5, 0.6) is 0 Å². The molecule has 2 rings (SSSR count). The molecule has 0 radical (unpaired) electrons. The van der Waals surface area contributed by atoms with Crippen LogP contribution in [0.15, 0.2) is 35.7 Å². The quantitative estimate of drug-likeness (QED) is 0.886. The molecule has 5 heteroatoms. The Kier molecular flexibility index (Phi) is 3.96. The number of benzene rings is 1. The summed E-state index contributed by atoms with van der Waals surface area (Å²) in [5.41, 5.74) is 0.799. The zero-order chi connectivity index (χ0) is 14.0. The fraction of sp³-hybridized carbons (Fsp3) is 0.286. The Morgan fingerprint density at radius 2 is 1.79 bits per heavy atom. The van der Waals surface area contributed by atoms with Gasteiger partial charge in [0.15, 0.2) is 0 Å². The number of rotatable bonds is 3. The molecular weight excluding hydrogens is 273 g/mol. The van der Waals surface area contributed by atoms with Crippen LogP contribution in [0.3, 0.4) is 0 Å². The molecule has 0 saturated heterocycles. The molecule has 1 nitrogen and oxygen atoms in total. The van der Waals surface area contributed by atoms with Gasteiger partial charge in [-0.15, -0.1) is 11.3 Å². The molecule has 1 heterocycles. The van der Waals surface area contributed by atoms with Crippen molar-refractivity contribution in [3.8, 4) is 0 Å². The molecule has 0 bridgehead atoms. The highest BCUT2D eigenvalue weighted by Crippen LogP contribution is 2.33. The smallest absolute Gasteiger partial charge is 0.383 e. The molecule has 102 valence electrons. The molecule has 1 aromatic heterocycles. The average Bonchev–Trinajstić information content (AvgIpc) is 2.85. The summed E-state index contributed by atoms with van der Waals surface area (Å²) in [6.07, 6.45) is -4.42. The number of thiophene rings is 1. The van der Waals surface area contributed by atoms with E-state index in [0.29, 0.717) is 5.56 Å². The average molecular weight is 286 g/mol. The van der Waals surface area contributed by atoms with Gasteiger partial charge in [0.2, 0.25) is 0 Å². The lowest BCUT2D eigenvalue weighted by Gasteiger charge is -2.13. The Bertz CT molecular complexity index is 543. The highest BCUT2D eigenvalue weighted by molar-refractivity contribution is 7.10. The Hall–Kier alpha value is -1.33. The summed E-state index contributed by atoms with van der Waals surface area (Å²) in [6, 6.07) is 6.57. The summed E-state index contributed by atoms with van der Waals surface area (Å²) in [6.45, 7) is 1.98. The topological polar surface area (TPSA) is 20.2 Å². The molecule has 0 aliphatic carbocycles. The van der Waals surface area contributed by atoms with E-state index in [1.54, 1.807) is 0 Å². The number of aryl methyl sites for hydroxylation is 1. The normalized spacial score (nSPS) is 13.5. The van der Waals surface area contributed by atoms with Crippen LogP contribution in [0.1, 0.15) is 34.6 Å². The maximum atomic E-state index is 12.5. The first-order valence-corrected chi connectivity index (χ1v) is 6.73. The van der Waals surface area contributed by atoms with E-state index in [1.807, 2.05) is 18.4 Å². The van der Waals surface area contributed by atoms with Crippen LogP contribution in [0.25, 0.3) is 0 Å². The van der Waals surface area contributed by atoms with E-state index < -0.39 is 17.8 Å². The van der Waals surface area contributed by atoms with Gasteiger partial charge in [-0.05, 0) is 41.1 Å².